The first-order chi connectivity index (χ1) is 11.8. The van der Waals surface area contributed by atoms with Crippen molar-refractivity contribution in [3.05, 3.63) is 20.8 Å². The molecule has 132 valence electrons. The van der Waals surface area contributed by atoms with Gasteiger partial charge in [0.1, 0.15) is 4.83 Å². The molecular formula is C18H26N2O2S2. The van der Waals surface area contributed by atoms with Crippen LogP contribution in [0.3, 0.4) is 0 Å². The number of nitrogens with zero attached hydrogens (tertiary/aromatic N) is 2. The van der Waals surface area contributed by atoms with E-state index in [2.05, 4.69) is 6.92 Å². The number of thiophene rings is 1. The zero-order chi connectivity index (χ0) is 16.9. The quantitative estimate of drug-likeness (QED) is 0.398. The fraction of sp³-hybridized carbons (Fsp3) is 0.667. The van der Waals surface area contributed by atoms with Gasteiger partial charge in [-0.25, -0.2) is 4.98 Å². The Kier molecular flexibility index (Phi) is 6.36. The van der Waals surface area contributed by atoms with Gasteiger partial charge in [-0.05, 0) is 37.7 Å². The molecule has 24 heavy (non-hydrogen) atoms. The minimum absolute atomic E-state index is 0.176. The minimum atomic E-state index is 0.176. The fourth-order valence-corrected chi connectivity index (χ4v) is 5.49. The van der Waals surface area contributed by atoms with Crippen molar-refractivity contribution < 1.29 is 4.74 Å². The van der Waals surface area contributed by atoms with Crippen LogP contribution in [0.1, 0.15) is 49.5 Å². The maximum absolute atomic E-state index is 13.2. The first-order valence-corrected chi connectivity index (χ1v) is 10.7. The van der Waals surface area contributed by atoms with Crippen LogP contribution in [0.2, 0.25) is 0 Å². The molecule has 0 bridgehead atoms. The predicted octanol–water partition coefficient (Wildman–Crippen LogP) is 4.27. The molecule has 0 fully saturated rings. The Morgan fingerprint density at radius 3 is 2.92 bits per heavy atom. The normalized spacial score (nSPS) is 14.2. The Bertz CT molecular complexity index is 752. The van der Waals surface area contributed by atoms with E-state index in [4.69, 9.17) is 9.72 Å². The number of aryl methyl sites for hydroxylation is 2. The third-order valence-corrected chi connectivity index (χ3v) is 6.67. The van der Waals surface area contributed by atoms with E-state index in [-0.39, 0.29) is 5.56 Å². The van der Waals surface area contributed by atoms with Crippen LogP contribution in [0.15, 0.2) is 9.95 Å². The van der Waals surface area contributed by atoms with Gasteiger partial charge in [0, 0.05) is 24.3 Å². The molecule has 0 N–H and O–H groups in total. The SMILES string of the molecule is CCCCCn1c(SCCOC)nc2sc3c(c2c1=O)CCCC3. The molecule has 3 rings (SSSR count). The number of ether oxygens (including phenoxy) is 1. The molecule has 6 heteroatoms. The Morgan fingerprint density at radius 1 is 1.29 bits per heavy atom. The maximum atomic E-state index is 13.2. The molecule has 0 amide bonds. The summed E-state index contributed by atoms with van der Waals surface area (Å²) in [7, 11) is 1.71. The number of thioether (sulfide) groups is 1. The van der Waals surface area contributed by atoms with Crippen molar-refractivity contribution in [3.8, 4) is 0 Å². The van der Waals surface area contributed by atoms with Gasteiger partial charge in [0.25, 0.3) is 5.56 Å². The lowest BCUT2D eigenvalue weighted by molar-refractivity contribution is 0.218. The van der Waals surface area contributed by atoms with Crippen LogP contribution in [0.4, 0.5) is 0 Å². The second-order valence-electron chi connectivity index (χ2n) is 6.29. The number of hydrogen-bond acceptors (Lipinski definition) is 5. The van der Waals surface area contributed by atoms with Crippen molar-refractivity contribution in [1.82, 2.24) is 9.55 Å². The third kappa shape index (κ3) is 3.70. The highest BCUT2D eigenvalue weighted by molar-refractivity contribution is 7.99. The number of aromatic nitrogens is 2. The number of hydrogen-bond donors (Lipinski definition) is 0. The molecule has 2 heterocycles. The molecule has 0 aliphatic heterocycles. The van der Waals surface area contributed by atoms with Gasteiger partial charge in [-0.1, -0.05) is 31.5 Å². The molecule has 0 saturated heterocycles. The Labute approximate surface area is 151 Å². The van der Waals surface area contributed by atoms with Crippen LogP contribution in [-0.4, -0.2) is 29.0 Å². The van der Waals surface area contributed by atoms with E-state index in [1.54, 1.807) is 30.2 Å². The topological polar surface area (TPSA) is 44.1 Å². The van der Waals surface area contributed by atoms with Crippen molar-refractivity contribution in [2.75, 3.05) is 19.5 Å². The van der Waals surface area contributed by atoms with E-state index >= 15 is 0 Å². The summed E-state index contributed by atoms with van der Waals surface area (Å²) in [6.07, 6.45) is 7.92. The summed E-state index contributed by atoms with van der Waals surface area (Å²) in [6, 6.07) is 0. The molecule has 1 aliphatic rings. The molecule has 0 radical (unpaired) electrons. The van der Waals surface area contributed by atoms with Gasteiger partial charge < -0.3 is 4.74 Å². The van der Waals surface area contributed by atoms with Gasteiger partial charge in [-0.3, -0.25) is 9.36 Å². The second-order valence-corrected chi connectivity index (χ2v) is 8.44. The average Bonchev–Trinajstić information content (AvgIpc) is 2.96. The fourth-order valence-electron chi connectivity index (χ4n) is 3.26. The highest BCUT2D eigenvalue weighted by Gasteiger charge is 2.22. The van der Waals surface area contributed by atoms with Crippen LogP contribution in [0.25, 0.3) is 10.2 Å². The zero-order valence-corrected chi connectivity index (χ0v) is 16.2. The molecule has 2 aromatic rings. The summed E-state index contributed by atoms with van der Waals surface area (Å²) >= 11 is 3.37. The average molecular weight is 367 g/mol. The predicted molar refractivity (Wildman–Crippen MR) is 103 cm³/mol. The van der Waals surface area contributed by atoms with E-state index in [9.17, 15) is 4.79 Å². The van der Waals surface area contributed by atoms with Crippen LogP contribution < -0.4 is 5.56 Å². The van der Waals surface area contributed by atoms with Crippen molar-refractivity contribution >= 4 is 33.3 Å². The molecule has 4 nitrogen and oxygen atoms in total. The highest BCUT2D eigenvalue weighted by Crippen LogP contribution is 2.34. The molecular weight excluding hydrogens is 340 g/mol. The standard InChI is InChI=1S/C18H26N2O2S2/c1-3-4-7-10-20-17(21)15-13-8-5-6-9-14(13)24-16(15)19-18(20)23-12-11-22-2/h3-12H2,1-2H3. The van der Waals surface area contributed by atoms with E-state index in [1.807, 2.05) is 4.57 Å². The lowest BCUT2D eigenvalue weighted by atomic mass is 9.97. The Hall–Kier alpha value is -0.850. The van der Waals surface area contributed by atoms with Crippen molar-refractivity contribution in [2.45, 2.75) is 63.6 Å². The van der Waals surface area contributed by atoms with Crippen LogP contribution in [0.5, 0.6) is 0 Å². The summed E-state index contributed by atoms with van der Waals surface area (Å²) in [5.74, 6) is 0.827. The van der Waals surface area contributed by atoms with E-state index < -0.39 is 0 Å². The summed E-state index contributed by atoms with van der Waals surface area (Å²) in [4.78, 5) is 20.4. The molecule has 2 aromatic heterocycles. The second kappa shape index (κ2) is 8.50. The van der Waals surface area contributed by atoms with Gasteiger partial charge in [0.15, 0.2) is 5.16 Å². The number of unbranched alkanes of at least 4 members (excludes halogenated alkanes) is 2. The smallest absolute Gasteiger partial charge is 0.263 e. The van der Waals surface area contributed by atoms with Gasteiger partial charge in [0.05, 0.1) is 12.0 Å². The monoisotopic (exact) mass is 366 g/mol. The third-order valence-electron chi connectivity index (χ3n) is 4.54. The first-order valence-electron chi connectivity index (χ1n) is 8.93. The van der Waals surface area contributed by atoms with Gasteiger partial charge in [0.2, 0.25) is 0 Å². The van der Waals surface area contributed by atoms with Gasteiger partial charge in [-0.2, -0.15) is 0 Å². The Balaban J connectivity index is 2.02. The van der Waals surface area contributed by atoms with Crippen LogP contribution in [-0.2, 0) is 24.1 Å². The summed E-state index contributed by atoms with van der Waals surface area (Å²) in [5, 5.41) is 1.77. The first kappa shape index (κ1) is 18.0. The maximum Gasteiger partial charge on any atom is 0.263 e. The van der Waals surface area contributed by atoms with Gasteiger partial charge >= 0.3 is 0 Å². The van der Waals surface area contributed by atoms with E-state index in [0.717, 1.165) is 59.8 Å². The number of fused-ring (bicyclic) bond motifs is 3. The summed E-state index contributed by atoms with van der Waals surface area (Å²) in [5.41, 5.74) is 1.46. The molecule has 0 unspecified atom stereocenters. The molecule has 0 spiro atoms. The highest BCUT2D eigenvalue weighted by atomic mass is 32.2. The summed E-state index contributed by atoms with van der Waals surface area (Å²) in [6.45, 7) is 3.64. The molecule has 0 atom stereocenters. The van der Waals surface area contributed by atoms with Crippen molar-refractivity contribution in [2.24, 2.45) is 0 Å². The van der Waals surface area contributed by atoms with Crippen molar-refractivity contribution in [1.29, 1.82) is 0 Å². The largest absolute Gasteiger partial charge is 0.384 e. The lowest BCUT2D eigenvalue weighted by Gasteiger charge is -2.13. The molecule has 0 aromatic carbocycles. The Morgan fingerprint density at radius 2 is 2.12 bits per heavy atom. The van der Waals surface area contributed by atoms with Gasteiger partial charge in [-0.15, -0.1) is 11.3 Å². The van der Waals surface area contributed by atoms with Crippen molar-refractivity contribution in [3.63, 3.8) is 0 Å². The summed E-state index contributed by atoms with van der Waals surface area (Å²) < 4.78 is 7.07. The van der Waals surface area contributed by atoms with E-state index in [1.165, 1.54) is 23.3 Å². The molecule has 1 aliphatic carbocycles. The molecule has 0 saturated carbocycles. The number of rotatable bonds is 8. The zero-order valence-electron chi connectivity index (χ0n) is 14.6. The van der Waals surface area contributed by atoms with Crippen LogP contribution >= 0.6 is 23.1 Å². The lowest BCUT2D eigenvalue weighted by Crippen LogP contribution is -2.24. The van der Waals surface area contributed by atoms with Crippen LogP contribution in [0, 0.1) is 0 Å². The minimum Gasteiger partial charge on any atom is -0.384 e. The number of methoxy groups -OCH3 is 1. The van der Waals surface area contributed by atoms with E-state index in [0.29, 0.717) is 6.61 Å².